The zero-order valence-corrected chi connectivity index (χ0v) is 13.9. The van der Waals surface area contributed by atoms with Gasteiger partial charge in [-0.2, -0.15) is 0 Å². The van der Waals surface area contributed by atoms with Crippen molar-refractivity contribution in [3.05, 3.63) is 29.8 Å². The highest BCUT2D eigenvalue weighted by atomic mass is 16.5. The summed E-state index contributed by atoms with van der Waals surface area (Å²) < 4.78 is 5.63. The number of nitrogens with zero attached hydrogens (tertiary/aromatic N) is 1. The third kappa shape index (κ3) is 4.16. The van der Waals surface area contributed by atoms with Crippen LogP contribution in [0, 0.1) is 5.92 Å². The molecule has 1 fully saturated rings. The van der Waals surface area contributed by atoms with Gasteiger partial charge in [0.2, 0.25) is 0 Å². The predicted octanol–water partition coefficient (Wildman–Crippen LogP) is 2.54. The maximum absolute atomic E-state index is 12.2. The van der Waals surface area contributed by atoms with Crippen molar-refractivity contribution in [3.63, 3.8) is 0 Å². The van der Waals surface area contributed by atoms with E-state index in [-0.39, 0.29) is 12.1 Å². The molecule has 2 aliphatic heterocycles. The Morgan fingerprint density at radius 1 is 1.35 bits per heavy atom. The molecule has 5 heteroatoms. The number of amides is 2. The third-order valence-corrected chi connectivity index (χ3v) is 4.72. The molecule has 2 N–H and O–H groups in total. The first-order chi connectivity index (χ1) is 11.3. The lowest BCUT2D eigenvalue weighted by Crippen LogP contribution is -2.41. The minimum atomic E-state index is -0.0688. The molecule has 0 unspecified atom stereocenters. The Morgan fingerprint density at radius 3 is 3.09 bits per heavy atom. The summed E-state index contributed by atoms with van der Waals surface area (Å²) in [4.78, 5) is 14.7. The van der Waals surface area contributed by atoms with Gasteiger partial charge in [-0.3, -0.25) is 0 Å². The largest absolute Gasteiger partial charge is 0.493 e. The second-order valence-corrected chi connectivity index (χ2v) is 6.54. The van der Waals surface area contributed by atoms with Crippen molar-refractivity contribution in [2.24, 2.45) is 5.92 Å². The van der Waals surface area contributed by atoms with Crippen LogP contribution in [0.25, 0.3) is 0 Å². The number of carbonyl (C=O) groups excluding carboxylic acids is 1. The lowest BCUT2D eigenvalue weighted by molar-refractivity contribution is 0.221. The van der Waals surface area contributed by atoms with Gasteiger partial charge in [0, 0.05) is 25.1 Å². The smallest absolute Gasteiger partial charge is 0.315 e. The van der Waals surface area contributed by atoms with Crippen molar-refractivity contribution in [2.75, 3.05) is 32.8 Å². The number of fused-ring (bicyclic) bond motifs is 1. The Morgan fingerprint density at radius 2 is 2.22 bits per heavy atom. The first kappa shape index (κ1) is 16.1. The van der Waals surface area contributed by atoms with Gasteiger partial charge in [0.25, 0.3) is 0 Å². The van der Waals surface area contributed by atoms with Gasteiger partial charge in [0.1, 0.15) is 5.75 Å². The quantitative estimate of drug-likeness (QED) is 0.877. The van der Waals surface area contributed by atoms with Crippen molar-refractivity contribution in [1.29, 1.82) is 0 Å². The van der Waals surface area contributed by atoms with E-state index >= 15 is 0 Å². The fourth-order valence-corrected chi connectivity index (χ4v) is 3.54. The van der Waals surface area contributed by atoms with Crippen LogP contribution in [0.4, 0.5) is 4.79 Å². The van der Waals surface area contributed by atoms with E-state index < -0.39 is 0 Å². The Hall–Kier alpha value is -1.75. The van der Waals surface area contributed by atoms with Crippen LogP contribution in [0.1, 0.15) is 37.8 Å². The number of hydrogen-bond donors (Lipinski definition) is 2. The van der Waals surface area contributed by atoms with Crippen molar-refractivity contribution < 1.29 is 9.53 Å². The Balaban J connectivity index is 1.46. The van der Waals surface area contributed by atoms with E-state index in [1.807, 2.05) is 24.3 Å². The zero-order chi connectivity index (χ0) is 16.1. The molecule has 23 heavy (non-hydrogen) atoms. The molecule has 0 bridgehead atoms. The van der Waals surface area contributed by atoms with Crippen LogP contribution in [0.3, 0.4) is 0 Å². The Kier molecular flexibility index (Phi) is 5.39. The summed E-state index contributed by atoms with van der Waals surface area (Å²) in [7, 11) is 0. The van der Waals surface area contributed by atoms with E-state index in [1.165, 1.54) is 19.4 Å². The summed E-state index contributed by atoms with van der Waals surface area (Å²) in [6.45, 7) is 7.06. The van der Waals surface area contributed by atoms with Crippen LogP contribution in [0.2, 0.25) is 0 Å². The van der Waals surface area contributed by atoms with Crippen molar-refractivity contribution >= 4 is 6.03 Å². The average molecular weight is 317 g/mol. The molecule has 1 saturated heterocycles. The van der Waals surface area contributed by atoms with Gasteiger partial charge in [-0.15, -0.1) is 0 Å². The number of benzene rings is 1. The normalized spacial score (nSPS) is 23.9. The van der Waals surface area contributed by atoms with E-state index in [0.29, 0.717) is 12.5 Å². The fraction of sp³-hybridized carbons (Fsp3) is 0.611. The zero-order valence-electron chi connectivity index (χ0n) is 13.9. The molecule has 1 aromatic carbocycles. The molecule has 2 heterocycles. The van der Waals surface area contributed by atoms with Crippen molar-refractivity contribution in [2.45, 2.75) is 32.2 Å². The minimum absolute atomic E-state index is 0.0418. The molecule has 1 aromatic rings. The van der Waals surface area contributed by atoms with Gasteiger partial charge in [-0.05, 0) is 37.9 Å². The topological polar surface area (TPSA) is 53.6 Å². The molecule has 0 aromatic heterocycles. The van der Waals surface area contributed by atoms with Crippen molar-refractivity contribution in [1.82, 2.24) is 15.5 Å². The number of urea groups is 1. The first-order valence-electron chi connectivity index (χ1n) is 8.74. The summed E-state index contributed by atoms with van der Waals surface area (Å²) in [6, 6.07) is 7.91. The predicted molar refractivity (Wildman–Crippen MR) is 90.7 cm³/mol. The Bertz CT molecular complexity index is 535. The summed E-state index contributed by atoms with van der Waals surface area (Å²) in [5, 5.41) is 6.14. The number of likely N-dealkylation sites (tertiary alicyclic amines) is 1. The fourth-order valence-electron chi connectivity index (χ4n) is 3.54. The van der Waals surface area contributed by atoms with Crippen LogP contribution in [-0.4, -0.2) is 43.7 Å². The molecule has 2 atom stereocenters. The summed E-state index contributed by atoms with van der Waals surface area (Å²) in [5.41, 5.74) is 1.07. The highest BCUT2D eigenvalue weighted by Gasteiger charge is 2.24. The van der Waals surface area contributed by atoms with Gasteiger partial charge in [0.05, 0.1) is 12.6 Å². The van der Waals surface area contributed by atoms with Gasteiger partial charge in [-0.25, -0.2) is 4.79 Å². The number of para-hydroxylation sites is 1. The van der Waals surface area contributed by atoms with Crippen LogP contribution >= 0.6 is 0 Å². The average Bonchev–Trinajstić information content (AvgIpc) is 3.01. The van der Waals surface area contributed by atoms with Crippen LogP contribution in [0.5, 0.6) is 5.75 Å². The first-order valence-corrected chi connectivity index (χ1v) is 8.74. The second-order valence-electron chi connectivity index (χ2n) is 6.54. The van der Waals surface area contributed by atoms with E-state index in [0.717, 1.165) is 37.4 Å². The molecule has 3 rings (SSSR count). The van der Waals surface area contributed by atoms with E-state index in [4.69, 9.17) is 4.74 Å². The van der Waals surface area contributed by atoms with E-state index in [9.17, 15) is 4.79 Å². The molecule has 2 amide bonds. The SMILES string of the molecule is CCCN1CC[C@H](CNC(=O)N[C@H]2CCOc3ccccc32)C1. The van der Waals surface area contributed by atoms with E-state index in [1.54, 1.807) is 0 Å². The highest BCUT2D eigenvalue weighted by molar-refractivity contribution is 5.74. The maximum atomic E-state index is 12.2. The molecule has 0 aliphatic carbocycles. The molecule has 0 radical (unpaired) electrons. The Labute approximate surface area is 138 Å². The molecule has 2 aliphatic rings. The molecule has 0 spiro atoms. The number of ether oxygens (including phenoxy) is 1. The standard InChI is InChI=1S/C18H27N3O2/c1-2-9-21-10-7-14(13-21)12-19-18(22)20-16-8-11-23-17-6-4-3-5-15(16)17/h3-6,14,16H,2,7-13H2,1H3,(H2,19,20,22)/t14-,16+/m1/s1. The lowest BCUT2D eigenvalue weighted by atomic mass is 10.0. The van der Waals surface area contributed by atoms with Crippen LogP contribution < -0.4 is 15.4 Å². The number of carbonyl (C=O) groups is 1. The number of hydrogen-bond acceptors (Lipinski definition) is 3. The molecular formula is C18H27N3O2. The molecule has 0 saturated carbocycles. The summed E-state index contributed by atoms with van der Waals surface area (Å²) in [6.07, 6.45) is 3.20. The lowest BCUT2D eigenvalue weighted by Gasteiger charge is -2.26. The maximum Gasteiger partial charge on any atom is 0.315 e. The second kappa shape index (κ2) is 7.68. The van der Waals surface area contributed by atoms with Crippen molar-refractivity contribution in [3.8, 4) is 5.75 Å². The van der Waals surface area contributed by atoms with E-state index in [2.05, 4.69) is 22.5 Å². The van der Waals surface area contributed by atoms with Crippen LogP contribution in [-0.2, 0) is 0 Å². The monoisotopic (exact) mass is 317 g/mol. The molecule has 5 nitrogen and oxygen atoms in total. The van der Waals surface area contributed by atoms with Gasteiger partial charge >= 0.3 is 6.03 Å². The van der Waals surface area contributed by atoms with Gasteiger partial charge in [0.15, 0.2) is 0 Å². The van der Waals surface area contributed by atoms with Gasteiger partial charge < -0.3 is 20.3 Å². The number of nitrogens with one attached hydrogen (secondary N) is 2. The summed E-state index contributed by atoms with van der Waals surface area (Å²) >= 11 is 0. The minimum Gasteiger partial charge on any atom is -0.493 e. The third-order valence-electron chi connectivity index (χ3n) is 4.72. The number of rotatable bonds is 5. The molecular weight excluding hydrogens is 290 g/mol. The highest BCUT2D eigenvalue weighted by Crippen LogP contribution is 2.31. The van der Waals surface area contributed by atoms with Gasteiger partial charge in [-0.1, -0.05) is 25.1 Å². The summed E-state index contributed by atoms with van der Waals surface area (Å²) in [5.74, 6) is 1.46. The molecule has 126 valence electrons. The van der Waals surface area contributed by atoms with Crippen LogP contribution in [0.15, 0.2) is 24.3 Å².